The molecule has 0 bridgehead atoms. The Morgan fingerprint density at radius 1 is 0.414 bits per heavy atom. The van der Waals surface area contributed by atoms with E-state index in [9.17, 15) is 0 Å². The van der Waals surface area contributed by atoms with Gasteiger partial charge in [0.15, 0.2) is 0 Å². The lowest BCUT2D eigenvalue weighted by atomic mass is 10.0. The molecule has 1 heteroatoms. The van der Waals surface area contributed by atoms with E-state index in [1.165, 1.54) is 135 Å². The minimum Gasteiger partial charge on any atom is -0.303 e. The third kappa shape index (κ3) is 24.1. The van der Waals surface area contributed by atoms with E-state index in [0.717, 1.165) is 11.8 Å². The SMILES string of the molecule is CCCCCCCCCCCCCCCCCCN(CCC(C)C)CCC(C)C. The van der Waals surface area contributed by atoms with Crippen LogP contribution in [0.2, 0.25) is 0 Å². The van der Waals surface area contributed by atoms with Crippen LogP contribution in [0.3, 0.4) is 0 Å². The Morgan fingerprint density at radius 3 is 1.03 bits per heavy atom. The third-order valence-electron chi connectivity index (χ3n) is 6.37. The molecule has 0 heterocycles. The van der Waals surface area contributed by atoms with Gasteiger partial charge in [-0.25, -0.2) is 0 Å². The maximum absolute atomic E-state index is 2.74. The van der Waals surface area contributed by atoms with Gasteiger partial charge < -0.3 is 4.90 Å². The summed E-state index contributed by atoms with van der Waals surface area (Å²) in [6, 6.07) is 0. The zero-order chi connectivity index (χ0) is 21.6. The van der Waals surface area contributed by atoms with Crippen LogP contribution < -0.4 is 0 Å². The van der Waals surface area contributed by atoms with Gasteiger partial charge in [-0.3, -0.25) is 0 Å². The van der Waals surface area contributed by atoms with Crippen molar-refractivity contribution in [2.45, 2.75) is 150 Å². The Morgan fingerprint density at radius 2 is 0.724 bits per heavy atom. The summed E-state index contributed by atoms with van der Waals surface area (Å²) < 4.78 is 0. The van der Waals surface area contributed by atoms with E-state index in [4.69, 9.17) is 0 Å². The molecule has 0 aliphatic heterocycles. The fourth-order valence-corrected chi connectivity index (χ4v) is 4.10. The van der Waals surface area contributed by atoms with E-state index in [2.05, 4.69) is 39.5 Å². The average Bonchev–Trinajstić information content (AvgIpc) is 2.68. The van der Waals surface area contributed by atoms with E-state index in [-0.39, 0.29) is 0 Å². The molecule has 0 rings (SSSR count). The van der Waals surface area contributed by atoms with Crippen LogP contribution in [0.5, 0.6) is 0 Å². The summed E-state index contributed by atoms with van der Waals surface area (Å²) in [5, 5.41) is 0. The van der Waals surface area contributed by atoms with Crippen molar-refractivity contribution in [2.75, 3.05) is 19.6 Å². The van der Waals surface area contributed by atoms with Crippen molar-refractivity contribution >= 4 is 0 Å². The molecular formula is C28H59N. The highest BCUT2D eigenvalue weighted by atomic mass is 15.1. The van der Waals surface area contributed by atoms with Gasteiger partial charge in [-0.2, -0.15) is 0 Å². The van der Waals surface area contributed by atoms with Gasteiger partial charge in [0.05, 0.1) is 0 Å². The lowest BCUT2D eigenvalue weighted by molar-refractivity contribution is 0.238. The van der Waals surface area contributed by atoms with E-state index in [1.54, 1.807) is 0 Å². The first-order chi connectivity index (χ1) is 14.1. The van der Waals surface area contributed by atoms with Crippen LogP contribution >= 0.6 is 0 Å². The maximum atomic E-state index is 2.74. The van der Waals surface area contributed by atoms with E-state index >= 15 is 0 Å². The Hall–Kier alpha value is -0.0400. The molecule has 0 saturated heterocycles. The predicted molar refractivity (Wildman–Crippen MR) is 135 cm³/mol. The molecule has 1 nitrogen and oxygen atoms in total. The minimum absolute atomic E-state index is 0.836. The first-order valence-corrected chi connectivity index (χ1v) is 13.8. The molecule has 0 fully saturated rings. The predicted octanol–water partition coefficient (Wildman–Crippen LogP) is 9.64. The number of hydrogen-bond acceptors (Lipinski definition) is 1. The first-order valence-electron chi connectivity index (χ1n) is 13.8. The normalized spacial score (nSPS) is 12.0. The minimum atomic E-state index is 0.836. The zero-order valence-electron chi connectivity index (χ0n) is 21.5. The molecule has 0 atom stereocenters. The van der Waals surface area contributed by atoms with Gasteiger partial charge in [0, 0.05) is 0 Å². The van der Waals surface area contributed by atoms with Crippen LogP contribution in [-0.2, 0) is 0 Å². The largest absolute Gasteiger partial charge is 0.303 e. The Bertz CT molecular complexity index is 285. The van der Waals surface area contributed by atoms with E-state index in [0.29, 0.717) is 0 Å². The molecule has 0 aromatic carbocycles. The van der Waals surface area contributed by atoms with Gasteiger partial charge in [-0.15, -0.1) is 0 Å². The van der Waals surface area contributed by atoms with Gasteiger partial charge in [0.2, 0.25) is 0 Å². The molecule has 176 valence electrons. The Balaban J connectivity index is 3.40. The second kappa shape index (κ2) is 22.6. The molecular weight excluding hydrogens is 350 g/mol. The summed E-state index contributed by atoms with van der Waals surface area (Å²) in [7, 11) is 0. The molecule has 0 unspecified atom stereocenters. The molecule has 29 heavy (non-hydrogen) atoms. The van der Waals surface area contributed by atoms with Gasteiger partial charge in [-0.05, 0) is 50.7 Å². The highest BCUT2D eigenvalue weighted by Gasteiger charge is 2.07. The van der Waals surface area contributed by atoms with Crippen molar-refractivity contribution in [3.8, 4) is 0 Å². The fraction of sp³-hybridized carbons (Fsp3) is 1.00. The van der Waals surface area contributed by atoms with Gasteiger partial charge >= 0.3 is 0 Å². The monoisotopic (exact) mass is 409 g/mol. The number of nitrogens with zero attached hydrogens (tertiary/aromatic N) is 1. The molecule has 0 amide bonds. The van der Waals surface area contributed by atoms with Gasteiger partial charge in [0.1, 0.15) is 0 Å². The Labute approximate surface area is 186 Å². The highest BCUT2D eigenvalue weighted by Crippen LogP contribution is 2.14. The van der Waals surface area contributed by atoms with Crippen LogP contribution in [0.4, 0.5) is 0 Å². The molecule has 0 saturated carbocycles. The van der Waals surface area contributed by atoms with Crippen LogP contribution in [-0.4, -0.2) is 24.5 Å². The summed E-state index contributed by atoms with van der Waals surface area (Å²) in [5.41, 5.74) is 0. The number of hydrogen-bond donors (Lipinski definition) is 0. The lowest BCUT2D eigenvalue weighted by Crippen LogP contribution is -2.28. The van der Waals surface area contributed by atoms with Crippen molar-refractivity contribution in [3.63, 3.8) is 0 Å². The van der Waals surface area contributed by atoms with Crippen molar-refractivity contribution in [1.29, 1.82) is 0 Å². The smallest absolute Gasteiger partial charge is 0.00163 e. The van der Waals surface area contributed by atoms with Gasteiger partial charge in [0.25, 0.3) is 0 Å². The summed E-state index contributed by atoms with van der Waals surface area (Å²) in [5.74, 6) is 1.67. The molecule has 0 aliphatic rings. The van der Waals surface area contributed by atoms with Crippen LogP contribution in [0.15, 0.2) is 0 Å². The molecule has 0 N–H and O–H groups in total. The van der Waals surface area contributed by atoms with Crippen molar-refractivity contribution in [1.82, 2.24) is 4.90 Å². The molecule has 0 spiro atoms. The lowest BCUT2D eigenvalue weighted by Gasteiger charge is -2.24. The molecule has 0 aromatic heterocycles. The molecule has 0 aliphatic carbocycles. The summed E-state index contributed by atoms with van der Waals surface area (Å²) in [6.45, 7) is 15.7. The van der Waals surface area contributed by atoms with Crippen molar-refractivity contribution in [2.24, 2.45) is 11.8 Å². The summed E-state index contributed by atoms with van der Waals surface area (Å²) in [6.07, 6.45) is 26.1. The molecule has 0 aromatic rings. The summed E-state index contributed by atoms with van der Waals surface area (Å²) >= 11 is 0. The third-order valence-corrected chi connectivity index (χ3v) is 6.37. The number of unbranched alkanes of at least 4 members (excludes halogenated alkanes) is 15. The standard InChI is InChI=1S/C28H59N/c1-6-7-8-9-10-11-12-13-14-15-16-17-18-19-20-21-24-29(25-22-27(2)3)26-23-28(4)5/h27-28H,6-26H2,1-5H3. The van der Waals surface area contributed by atoms with E-state index in [1.807, 2.05) is 0 Å². The second-order valence-electron chi connectivity index (χ2n) is 10.5. The topological polar surface area (TPSA) is 3.24 Å². The van der Waals surface area contributed by atoms with E-state index < -0.39 is 0 Å². The average molecular weight is 410 g/mol. The van der Waals surface area contributed by atoms with Crippen LogP contribution in [0, 0.1) is 11.8 Å². The zero-order valence-corrected chi connectivity index (χ0v) is 21.5. The quantitative estimate of drug-likeness (QED) is 0.152. The van der Waals surface area contributed by atoms with Crippen molar-refractivity contribution < 1.29 is 0 Å². The maximum Gasteiger partial charge on any atom is -0.00163 e. The Kier molecular flexibility index (Phi) is 22.6. The van der Waals surface area contributed by atoms with Crippen molar-refractivity contribution in [3.05, 3.63) is 0 Å². The summed E-state index contributed by atoms with van der Waals surface area (Å²) in [4.78, 5) is 2.74. The van der Waals surface area contributed by atoms with Gasteiger partial charge in [-0.1, -0.05) is 131 Å². The van der Waals surface area contributed by atoms with Crippen LogP contribution in [0.1, 0.15) is 150 Å². The fourth-order valence-electron chi connectivity index (χ4n) is 4.10. The number of rotatable bonds is 23. The molecule has 0 radical (unpaired) electrons. The highest BCUT2D eigenvalue weighted by molar-refractivity contribution is 4.62. The first kappa shape index (κ1) is 29.0. The van der Waals surface area contributed by atoms with Crippen LogP contribution in [0.25, 0.3) is 0 Å². The second-order valence-corrected chi connectivity index (χ2v) is 10.5.